The first kappa shape index (κ1) is 13.9. The van der Waals surface area contributed by atoms with Crippen LogP contribution in [0.15, 0.2) is 0 Å². The van der Waals surface area contributed by atoms with Crippen molar-refractivity contribution >= 4 is 0 Å². The smallest absolute Gasteiger partial charge is 0.312 e. The molecule has 0 amide bonds. The summed E-state index contributed by atoms with van der Waals surface area (Å²) >= 11 is 0. The second-order valence-electron chi connectivity index (χ2n) is 2.33. The first-order chi connectivity index (χ1) is 6.50. The maximum absolute atomic E-state index is 12.7. The zero-order valence-corrected chi connectivity index (χ0v) is 7.15. The summed E-state index contributed by atoms with van der Waals surface area (Å²) in [5, 5.41) is 9.74. The fraction of sp³-hybridized carbons (Fsp3) is 1.00. The Labute approximate surface area is 79.0 Å². The molecule has 90 valence electrons. The Balaban J connectivity index is 5.40. The Kier molecular flexibility index (Phi) is 3.56. The Morgan fingerprint density at radius 2 is 1.60 bits per heavy atom. The van der Waals surface area contributed by atoms with Crippen LogP contribution in [-0.4, -0.2) is 29.6 Å². The monoisotopic (exact) mass is 241 g/mol. The fourth-order valence-corrected chi connectivity index (χ4v) is 0.652. The van der Waals surface area contributed by atoms with Crippen molar-refractivity contribution in [1.29, 1.82) is 0 Å². The minimum atomic E-state index is -6.38. The number of rotatable bonds is 4. The van der Waals surface area contributed by atoms with Crippen molar-refractivity contribution in [2.24, 2.45) is 0 Å². The van der Waals surface area contributed by atoms with Gasteiger partial charge in [0.15, 0.2) is 0 Å². The first-order valence-corrected chi connectivity index (χ1v) is 3.42. The number of ether oxygens (including phenoxy) is 1. The van der Waals surface area contributed by atoms with Crippen molar-refractivity contribution in [1.82, 2.24) is 0 Å². The molecule has 0 saturated carbocycles. The number of halogens is 6. The summed E-state index contributed by atoms with van der Waals surface area (Å²) in [5.74, 6) is -5.95. The molecule has 1 unspecified atom stereocenters. The van der Waals surface area contributed by atoms with E-state index in [9.17, 15) is 36.5 Å². The lowest BCUT2D eigenvalue weighted by molar-refractivity contribution is -0.697. The molecule has 0 aliphatic rings. The molecule has 0 radical (unpaired) electrons. The van der Waals surface area contributed by atoms with Gasteiger partial charge in [-0.2, -0.15) is 22.0 Å². The molecule has 0 aromatic carbocycles. The molecular formula is C5H5F6NO3. The van der Waals surface area contributed by atoms with Crippen LogP contribution in [0, 0.1) is 10.1 Å². The van der Waals surface area contributed by atoms with Crippen LogP contribution in [0.2, 0.25) is 0 Å². The number of nitrogens with zero attached hydrogens (tertiary/aromatic N) is 1. The van der Waals surface area contributed by atoms with Gasteiger partial charge in [-0.15, -0.1) is 4.39 Å². The predicted octanol–water partition coefficient (Wildman–Crippen LogP) is 2.12. The van der Waals surface area contributed by atoms with Crippen molar-refractivity contribution < 1.29 is 36.0 Å². The van der Waals surface area contributed by atoms with E-state index >= 15 is 0 Å². The van der Waals surface area contributed by atoms with E-state index in [0.29, 0.717) is 0 Å². The SMILES string of the molecule is CCOC(F)(F)C(F)([N+](=O)[O-])C(F)(F)F. The van der Waals surface area contributed by atoms with Crippen LogP contribution in [0.25, 0.3) is 0 Å². The lowest BCUT2D eigenvalue weighted by Gasteiger charge is -2.26. The van der Waals surface area contributed by atoms with Crippen molar-refractivity contribution in [2.75, 3.05) is 6.61 Å². The van der Waals surface area contributed by atoms with Gasteiger partial charge in [0.05, 0.1) is 11.5 Å². The quantitative estimate of drug-likeness (QED) is 0.328. The molecule has 0 aliphatic heterocycles. The lowest BCUT2D eigenvalue weighted by Crippen LogP contribution is -2.61. The highest BCUT2D eigenvalue weighted by atomic mass is 19.4. The summed E-state index contributed by atoms with van der Waals surface area (Å²) in [6.45, 7) is -0.173. The summed E-state index contributed by atoms with van der Waals surface area (Å²) in [7, 11) is 0. The lowest BCUT2D eigenvalue weighted by atomic mass is 10.2. The van der Waals surface area contributed by atoms with Crippen molar-refractivity contribution in [3.8, 4) is 0 Å². The van der Waals surface area contributed by atoms with Gasteiger partial charge in [0.25, 0.3) is 0 Å². The topological polar surface area (TPSA) is 52.4 Å². The zero-order valence-electron chi connectivity index (χ0n) is 7.15. The van der Waals surface area contributed by atoms with E-state index in [0.717, 1.165) is 6.92 Å². The van der Waals surface area contributed by atoms with E-state index < -0.39 is 29.6 Å². The Bertz CT molecular complexity index is 254. The van der Waals surface area contributed by atoms with Crippen LogP contribution < -0.4 is 0 Å². The van der Waals surface area contributed by atoms with Crippen molar-refractivity contribution in [2.45, 2.75) is 25.0 Å². The maximum Gasteiger partial charge on any atom is 0.542 e. The highest BCUT2D eigenvalue weighted by Gasteiger charge is 2.84. The van der Waals surface area contributed by atoms with Crippen LogP contribution in [-0.2, 0) is 4.74 Å². The molecule has 0 N–H and O–H groups in total. The van der Waals surface area contributed by atoms with Gasteiger partial charge >= 0.3 is 18.1 Å². The minimum absolute atomic E-state index is 0.838. The van der Waals surface area contributed by atoms with Gasteiger partial charge in [-0.1, -0.05) is 0 Å². The molecule has 10 heteroatoms. The third-order valence-electron chi connectivity index (χ3n) is 1.34. The molecule has 0 saturated heterocycles. The molecule has 1 atom stereocenters. The van der Waals surface area contributed by atoms with Gasteiger partial charge in [0, 0.05) is 0 Å². The van der Waals surface area contributed by atoms with Gasteiger partial charge in [-0.25, -0.2) is 0 Å². The normalized spacial score (nSPS) is 17.3. The summed E-state index contributed by atoms with van der Waals surface area (Å²) in [5.41, 5.74) is 0. The standard InChI is InChI=1S/C5H5F6NO3/c1-2-15-5(10,11)3(6,12(13)14)4(7,8)9/h2H2,1H3. The van der Waals surface area contributed by atoms with E-state index in [-0.39, 0.29) is 0 Å². The largest absolute Gasteiger partial charge is 0.542 e. The van der Waals surface area contributed by atoms with E-state index in [4.69, 9.17) is 0 Å². The molecule has 15 heavy (non-hydrogen) atoms. The van der Waals surface area contributed by atoms with Gasteiger partial charge in [0.1, 0.15) is 0 Å². The Morgan fingerprint density at radius 1 is 1.20 bits per heavy atom. The molecule has 0 fully saturated rings. The first-order valence-electron chi connectivity index (χ1n) is 3.42. The predicted molar refractivity (Wildman–Crippen MR) is 33.5 cm³/mol. The number of hydrogen-bond acceptors (Lipinski definition) is 3. The van der Waals surface area contributed by atoms with Crippen LogP contribution >= 0.6 is 0 Å². The van der Waals surface area contributed by atoms with Crippen LogP contribution in [0.1, 0.15) is 6.92 Å². The highest BCUT2D eigenvalue weighted by Crippen LogP contribution is 2.46. The molecule has 0 rings (SSSR count). The average molecular weight is 241 g/mol. The third kappa shape index (κ3) is 2.13. The molecule has 0 aromatic heterocycles. The van der Waals surface area contributed by atoms with Gasteiger partial charge in [0.2, 0.25) is 0 Å². The Morgan fingerprint density at radius 3 is 1.80 bits per heavy atom. The van der Waals surface area contributed by atoms with E-state index in [1.165, 1.54) is 0 Å². The van der Waals surface area contributed by atoms with Crippen LogP contribution in [0.3, 0.4) is 0 Å². The second-order valence-corrected chi connectivity index (χ2v) is 2.33. The van der Waals surface area contributed by atoms with Crippen LogP contribution in [0.4, 0.5) is 26.3 Å². The second kappa shape index (κ2) is 3.83. The van der Waals surface area contributed by atoms with Crippen molar-refractivity contribution in [3.63, 3.8) is 0 Å². The van der Waals surface area contributed by atoms with Crippen LogP contribution in [0.5, 0.6) is 0 Å². The Hall–Kier alpha value is -1.06. The summed E-state index contributed by atoms with van der Waals surface area (Å²) in [4.78, 5) is 6.98. The third-order valence-corrected chi connectivity index (χ3v) is 1.34. The molecule has 0 spiro atoms. The van der Waals surface area contributed by atoms with Gasteiger partial charge in [-0.3, -0.25) is 10.1 Å². The van der Waals surface area contributed by atoms with Gasteiger partial charge < -0.3 is 4.74 Å². The average Bonchev–Trinajstić information content (AvgIpc) is 1.99. The minimum Gasteiger partial charge on any atom is -0.312 e. The molecule has 0 aliphatic carbocycles. The van der Waals surface area contributed by atoms with E-state index in [2.05, 4.69) is 4.74 Å². The van der Waals surface area contributed by atoms with E-state index in [1.54, 1.807) is 0 Å². The number of hydrogen-bond donors (Lipinski definition) is 0. The highest BCUT2D eigenvalue weighted by molar-refractivity contribution is 4.85. The zero-order chi connectivity index (χ0) is 12.5. The summed E-state index contributed by atoms with van der Waals surface area (Å²) in [6.07, 6.45) is -12.0. The summed E-state index contributed by atoms with van der Waals surface area (Å²) < 4.78 is 76.1. The molecule has 4 nitrogen and oxygen atoms in total. The summed E-state index contributed by atoms with van der Waals surface area (Å²) in [6, 6.07) is 0. The molecule has 0 bridgehead atoms. The fourth-order valence-electron chi connectivity index (χ4n) is 0.652. The maximum atomic E-state index is 12.7. The molecular weight excluding hydrogens is 236 g/mol. The van der Waals surface area contributed by atoms with Gasteiger partial charge in [-0.05, 0) is 6.92 Å². The number of alkyl halides is 6. The molecule has 0 aromatic rings. The molecule has 0 heterocycles. The van der Waals surface area contributed by atoms with E-state index in [1.807, 2.05) is 0 Å². The number of nitro groups is 1. The van der Waals surface area contributed by atoms with Crippen molar-refractivity contribution in [3.05, 3.63) is 10.1 Å².